The van der Waals surface area contributed by atoms with Gasteiger partial charge in [0.05, 0.1) is 6.33 Å². The summed E-state index contributed by atoms with van der Waals surface area (Å²) < 4.78 is 24.6. The van der Waals surface area contributed by atoms with Crippen molar-refractivity contribution in [2.24, 2.45) is 0 Å². The molecular weight excluding hydrogens is 378 g/mol. The molecule has 1 aromatic rings. The lowest BCUT2D eigenvalue weighted by atomic mass is 10.3. The van der Waals surface area contributed by atoms with Crippen molar-refractivity contribution < 1.29 is 17.7 Å². The van der Waals surface area contributed by atoms with Crippen molar-refractivity contribution in [1.82, 2.24) is 14.5 Å². The lowest BCUT2D eigenvalue weighted by molar-refractivity contribution is 0.228. The Hall–Kier alpha value is -0.556. The van der Waals surface area contributed by atoms with Crippen molar-refractivity contribution in [1.29, 1.82) is 0 Å². The first-order valence-corrected chi connectivity index (χ1v) is 14.8. The third-order valence-electron chi connectivity index (χ3n) is 5.39. The van der Waals surface area contributed by atoms with Gasteiger partial charge in [-0.2, -0.15) is 0 Å². The fourth-order valence-corrected chi connectivity index (χ4v) is 5.80. The van der Waals surface area contributed by atoms with Crippen LogP contribution in [0.1, 0.15) is 19.3 Å². The van der Waals surface area contributed by atoms with Crippen LogP contribution in [0.3, 0.4) is 0 Å². The lowest BCUT2D eigenvalue weighted by Gasteiger charge is -2.28. The van der Waals surface area contributed by atoms with Crippen molar-refractivity contribution >= 4 is 17.1 Å². The van der Waals surface area contributed by atoms with E-state index in [0.29, 0.717) is 0 Å². The van der Waals surface area contributed by atoms with Crippen LogP contribution in [-0.4, -0.2) is 79.6 Å². The number of hydrogen-bond acceptors (Lipinski definition) is 6. The smallest absolute Gasteiger partial charge is 0.334 e. The normalized spacial score (nSPS) is 12.9. The molecule has 0 atom stereocenters. The predicted molar refractivity (Wildman–Crippen MR) is 113 cm³/mol. The van der Waals surface area contributed by atoms with E-state index in [0.717, 1.165) is 57.5 Å². The van der Waals surface area contributed by atoms with Crippen LogP contribution in [0, 0.1) is 0 Å². The van der Waals surface area contributed by atoms with Crippen LogP contribution in [0.5, 0.6) is 0 Å². The molecule has 7 nitrogen and oxygen atoms in total. The summed E-state index contributed by atoms with van der Waals surface area (Å²) in [6.45, 7) is 8.47. The van der Waals surface area contributed by atoms with E-state index in [1.54, 1.807) is 28.4 Å². The molecule has 0 fully saturated rings. The standard InChI is InChI=1S/C18H39N3O4Si2/c1-22-26(5,23-2)16-8-13-20(11-7-12-21-15-10-19-18-21)14-9-17-27(6,24-3)25-4/h10,15,18H,7-9,11-14,16-17H2,1-6H3. The lowest BCUT2D eigenvalue weighted by Crippen LogP contribution is -2.38. The zero-order valence-corrected chi connectivity index (χ0v) is 20.1. The van der Waals surface area contributed by atoms with Crippen LogP contribution < -0.4 is 0 Å². The molecule has 1 rings (SSSR count). The molecule has 1 aromatic heterocycles. The Bertz CT molecular complexity index is 459. The number of nitrogens with zero attached hydrogens (tertiary/aromatic N) is 3. The molecule has 0 bridgehead atoms. The van der Waals surface area contributed by atoms with Gasteiger partial charge < -0.3 is 27.2 Å². The van der Waals surface area contributed by atoms with Gasteiger partial charge >= 0.3 is 17.1 Å². The molecule has 0 saturated heterocycles. The summed E-state index contributed by atoms with van der Waals surface area (Å²) >= 11 is 0. The number of rotatable bonds is 16. The maximum Gasteiger partial charge on any atom is 0.334 e. The summed E-state index contributed by atoms with van der Waals surface area (Å²) in [5, 5.41) is 0. The molecule has 158 valence electrons. The van der Waals surface area contributed by atoms with Gasteiger partial charge in [0.2, 0.25) is 0 Å². The second kappa shape index (κ2) is 12.8. The van der Waals surface area contributed by atoms with Gasteiger partial charge in [0.25, 0.3) is 0 Å². The Morgan fingerprint density at radius 1 is 0.815 bits per heavy atom. The van der Waals surface area contributed by atoms with Crippen molar-refractivity contribution in [2.75, 3.05) is 48.1 Å². The zero-order valence-electron chi connectivity index (χ0n) is 18.1. The van der Waals surface area contributed by atoms with E-state index < -0.39 is 17.1 Å². The van der Waals surface area contributed by atoms with Gasteiger partial charge in [0.15, 0.2) is 0 Å². The molecule has 0 unspecified atom stereocenters. The summed E-state index contributed by atoms with van der Waals surface area (Å²) in [6, 6.07) is 2.03. The molecular formula is C18H39N3O4Si2. The number of imidazole rings is 1. The monoisotopic (exact) mass is 417 g/mol. The van der Waals surface area contributed by atoms with Gasteiger partial charge in [0, 0.05) is 47.4 Å². The molecule has 0 spiro atoms. The molecule has 9 heteroatoms. The highest BCUT2D eigenvalue weighted by molar-refractivity contribution is 6.66. The Labute approximate surface area is 167 Å². The average Bonchev–Trinajstić information content (AvgIpc) is 3.20. The van der Waals surface area contributed by atoms with Gasteiger partial charge in [-0.05, 0) is 64.1 Å². The molecule has 0 aromatic carbocycles. The summed E-state index contributed by atoms with van der Waals surface area (Å²) in [6.07, 6.45) is 9.04. The Morgan fingerprint density at radius 2 is 1.30 bits per heavy atom. The maximum absolute atomic E-state index is 5.61. The van der Waals surface area contributed by atoms with Crippen molar-refractivity contribution in [3.8, 4) is 0 Å². The SMILES string of the molecule is CO[Si](C)(CCCN(CCCn1ccnc1)CCC[Si](C)(OC)OC)OC. The molecule has 0 amide bonds. The van der Waals surface area contributed by atoms with E-state index in [1.165, 1.54) is 0 Å². The van der Waals surface area contributed by atoms with Crippen LogP contribution in [-0.2, 0) is 24.2 Å². The van der Waals surface area contributed by atoms with Gasteiger partial charge in [0.1, 0.15) is 0 Å². The second-order valence-corrected chi connectivity index (χ2v) is 14.5. The zero-order chi connectivity index (χ0) is 20.2. The largest absolute Gasteiger partial charge is 0.398 e. The Balaban J connectivity index is 2.46. The van der Waals surface area contributed by atoms with E-state index in [9.17, 15) is 0 Å². The van der Waals surface area contributed by atoms with E-state index in [-0.39, 0.29) is 0 Å². The van der Waals surface area contributed by atoms with Crippen LogP contribution in [0.2, 0.25) is 25.2 Å². The summed E-state index contributed by atoms with van der Waals surface area (Å²) in [5.41, 5.74) is 0. The first kappa shape index (κ1) is 24.5. The quantitative estimate of drug-likeness (QED) is 0.385. The minimum Gasteiger partial charge on any atom is -0.398 e. The highest BCUT2D eigenvalue weighted by atomic mass is 28.4. The van der Waals surface area contributed by atoms with Gasteiger partial charge in [-0.3, -0.25) is 0 Å². The third-order valence-corrected chi connectivity index (χ3v) is 11.4. The maximum atomic E-state index is 5.61. The van der Waals surface area contributed by atoms with Gasteiger partial charge in [-0.25, -0.2) is 4.98 Å². The highest BCUT2D eigenvalue weighted by Crippen LogP contribution is 2.17. The fourth-order valence-electron chi connectivity index (χ4n) is 3.05. The summed E-state index contributed by atoms with van der Waals surface area (Å²) in [4.78, 5) is 6.67. The van der Waals surface area contributed by atoms with E-state index in [4.69, 9.17) is 17.7 Å². The van der Waals surface area contributed by atoms with Crippen molar-refractivity contribution in [3.05, 3.63) is 18.7 Å². The third kappa shape index (κ3) is 9.46. The molecule has 0 saturated carbocycles. The predicted octanol–water partition coefficient (Wildman–Crippen LogP) is 3.09. The Kier molecular flexibility index (Phi) is 11.6. The highest BCUT2D eigenvalue weighted by Gasteiger charge is 2.29. The van der Waals surface area contributed by atoms with E-state index in [2.05, 4.69) is 27.5 Å². The molecule has 0 radical (unpaired) electrons. The van der Waals surface area contributed by atoms with E-state index >= 15 is 0 Å². The summed E-state index contributed by atoms with van der Waals surface area (Å²) in [5.74, 6) is 0. The average molecular weight is 418 g/mol. The number of aryl methyl sites for hydroxylation is 1. The fraction of sp³-hybridized carbons (Fsp3) is 0.833. The van der Waals surface area contributed by atoms with Gasteiger partial charge in [-0.15, -0.1) is 0 Å². The van der Waals surface area contributed by atoms with Crippen molar-refractivity contribution in [3.63, 3.8) is 0 Å². The molecule has 0 aliphatic rings. The number of aromatic nitrogens is 2. The van der Waals surface area contributed by atoms with Crippen LogP contribution in [0.25, 0.3) is 0 Å². The minimum absolute atomic E-state index is 1.00. The minimum atomic E-state index is -1.98. The molecule has 0 N–H and O–H groups in total. The molecule has 0 aliphatic carbocycles. The topological polar surface area (TPSA) is 58.0 Å². The number of hydrogen-bond donors (Lipinski definition) is 0. The van der Waals surface area contributed by atoms with Crippen LogP contribution >= 0.6 is 0 Å². The molecule has 1 heterocycles. The van der Waals surface area contributed by atoms with Gasteiger partial charge in [-0.1, -0.05) is 0 Å². The first-order valence-electron chi connectivity index (χ1n) is 9.79. The van der Waals surface area contributed by atoms with Crippen LogP contribution in [0.15, 0.2) is 18.7 Å². The summed E-state index contributed by atoms with van der Waals surface area (Å²) in [7, 11) is 3.09. The molecule has 27 heavy (non-hydrogen) atoms. The van der Waals surface area contributed by atoms with Crippen molar-refractivity contribution in [2.45, 2.75) is 51.0 Å². The first-order chi connectivity index (χ1) is 12.9. The second-order valence-electron chi connectivity index (χ2n) is 7.29. The van der Waals surface area contributed by atoms with Crippen LogP contribution in [0.4, 0.5) is 0 Å². The molecule has 0 aliphatic heterocycles. The van der Waals surface area contributed by atoms with E-state index in [1.807, 2.05) is 18.7 Å². The Morgan fingerprint density at radius 3 is 1.70 bits per heavy atom.